The van der Waals surface area contributed by atoms with Crippen molar-refractivity contribution in [2.75, 3.05) is 10.6 Å². The van der Waals surface area contributed by atoms with Gasteiger partial charge in [0, 0.05) is 23.1 Å². The van der Waals surface area contributed by atoms with Crippen LogP contribution in [-0.2, 0) is 16.0 Å². The number of hydrogen-bond acceptors (Lipinski definition) is 3. The fourth-order valence-electron chi connectivity index (χ4n) is 2.35. The maximum atomic E-state index is 13.3. The number of benzene rings is 2. The molecule has 1 aliphatic heterocycles. The van der Waals surface area contributed by atoms with Gasteiger partial charge in [-0.15, -0.1) is 0 Å². The summed E-state index contributed by atoms with van der Waals surface area (Å²) in [5.41, 5.74) is 2.80. The monoisotopic (exact) mass is 312 g/mol. The number of halogens is 1. The van der Waals surface area contributed by atoms with Gasteiger partial charge in [0.1, 0.15) is 5.82 Å². The maximum Gasteiger partial charge on any atom is 0.307 e. The molecule has 0 saturated carbocycles. The number of carbonyl (C=O) groups excluding carboxylic acids is 1. The van der Waals surface area contributed by atoms with E-state index in [4.69, 9.17) is 5.11 Å². The van der Waals surface area contributed by atoms with Crippen LogP contribution >= 0.6 is 0 Å². The highest BCUT2D eigenvalue weighted by atomic mass is 19.1. The van der Waals surface area contributed by atoms with Crippen molar-refractivity contribution in [1.82, 2.24) is 0 Å². The van der Waals surface area contributed by atoms with Crippen LogP contribution in [0.15, 0.2) is 48.7 Å². The molecule has 0 unspecified atom stereocenters. The predicted molar refractivity (Wildman–Crippen MR) is 84.4 cm³/mol. The highest BCUT2D eigenvalue weighted by molar-refractivity contribution is 6.31. The van der Waals surface area contributed by atoms with Gasteiger partial charge in [0.05, 0.1) is 12.0 Å². The van der Waals surface area contributed by atoms with Crippen molar-refractivity contribution in [2.24, 2.45) is 0 Å². The number of rotatable bonds is 4. The van der Waals surface area contributed by atoms with Gasteiger partial charge in [0.25, 0.3) is 5.91 Å². The van der Waals surface area contributed by atoms with Crippen molar-refractivity contribution in [2.45, 2.75) is 6.42 Å². The van der Waals surface area contributed by atoms with Crippen LogP contribution in [0.1, 0.15) is 11.1 Å². The van der Waals surface area contributed by atoms with E-state index >= 15 is 0 Å². The highest BCUT2D eigenvalue weighted by Gasteiger charge is 2.24. The summed E-state index contributed by atoms with van der Waals surface area (Å²) < 4.78 is 13.3. The molecule has 1 aliphatic rings. The SMILES string of the molecule is O=C(O)Cc1ccc(NC=C2C(=O)Nc3ccc(F)cc32)cc1. The molecule has 0 saturated heterocycles. The van der Waals surface area contributed by atoms with Crippen LogP contribution in [0.25, 0.3) is 5.57 Å². The van der Waals surface area contributed by atoms with Crippen LogP contribution in [0.2, 0.25) is 0 Å². The van der Waals surface area contributed by atoms with Gasteiger partial charge in [-0.2, -0.15) is 0 Å². The van der Waals surface area contributed by atoms with Gasteiger partial charge in [-0.05, 0) is 35.9 Å². The molecule has 23 heavy (non-hydrogen) atoms. The number of anilines is 2. The van der Waals surface area contributed by atoms with Gasteiger partial charge in [-0.1, -0.05) is 12.1 Å². The second kappa shape index (κ2) is 5.92. The molecule has 2 aromatic carbocycles. The molecule has 0 spiro atoms. The number of amides is 1. The second-order valence-electron chi connectivity index (χ2n) is 5.11. The lowest BCUT2D eigenvalue weighted by Crippen LogP contribution is -2.05. The summed E-state index contributed by atoms with van der Waals surface area (Å²) >= 11 is 0. The Morgan fingerprint density at radius 2 is 1.96 bits per heavy atom. The van der Waals surface area contributed by atoms with Gasteiger partial charge in [-0.25, -0.2) is 4.39 Å². The molecule has 0 aromatic heterocycles. The van der Waals surface area contributed by atoms with E-state index in [2.05, 4.69) is 10.6 Å². The topological polar surface area (TPSA) is 78.4 Å². The summed E-state index contributed by atoms with van der Waals surface area (Å²) in [6.07, 6.45) is 1.46. The van der Waals surface area contributed by atoms with Gasteiger partial charge in [-0.3, -0.25) is 9.59 Å². The molecule has 1 amide bonds. The molecule has 5 nitrogen and oxygen atoms in total. The summed E-state index contributed by atoms with van der Waals surface area (Å²) in [6.45, 7) is 0. The van der Waals surface area contributed by atoms with Gasteiger partial charge in [0.15, 0.2) is 0 Å². The van der Waals surface area contributed by atoms with E-state index in [9.17, 15) is 14.0 Å². The molecule has 1 heterocycles. The second-order valence-corrected chi connectivity index (χ2v) is 5.11. The number of hydrogen-bond donors (Lipinski definition) is 3. The van der Waals surface area contributed by atoms with Crippen LogP contribution in [0.3, 0.4) is 0 Å². The Hall–Kier alpha value is -3.15. The third-order valence-corrected chi connectivity index (χ3v) is 3.46. The Labute approximate surface area is 131 Å². The Kier molecular flexibility index (Phi) is 3.80. The lowest BCUT2D eigenvalue weighted by molar-refractivity contribution is -0.136. The number of carbonyl (C=O) groups is 2. The van der Waals surface area contributed by atoms with Crippen molar-refractivity contribution >= 4 is 28.8 Å². The standard InChI is InChI=1S/C17H13FN2O3/c18-11-3-6-15-13(8-11)14(17(23)20-15)9-19-12-4-1-10(2-5-12)7-16(21)22/h1-6,8-9,19H,7H2,(H,20,23)(H,21,22). The van der Waals surface area contributed by atoms with Gasteiger partial charge < -0.3 is 15.7 Å². The summed E-state index contributed by atoms with van der Waals surface area (Å²) in [5, 5.41) is 14.4. The molecule has 116 valence electrons. The first-order chi connectivity index (χ1) is 11.0. The maximum absolute atomic E-state index is 13.3. The Morgan fingerprint density at radius 1 is 1.22 bits per heavy atom. The average molecular weight is 312 g/mol. The fraction of sp³-hybridized carbons (Fsp3) is 0.0588. The summed E-state index contributed by atoms with van der Waals surface area (Å²) in [6, 6.07) is 10.9. The number of nitrogens with one attached hydrogen (secondary N) is 2. The highest BCUT2D eigenvalue weighted by Crippen LogP contribution is 2.32. The van der Waals surface area contributed by atoms with Crippen molar-refractivity contribution in [3.05, 3.63) is 65.6 Å². The van der Waals surface area contributed by atoms with Crippen LogP contribution < -0.4 is 10.6 Å². The molecule has 0 bridgehead atoms. The van der Waals surface area contributed by atoms with Crippen molar-refractivity contribution in [3.8, 4) is 0 Å². The first kappa shape index (κ1) is 14.8. The molecule has 0 radical (unpaired) electrons. The van der Waals surface area contributed by atoms with Crippen LogP contribution in [0, 0.1) is 5.82 Å². The molecule has 0 aliphatic carbocycles. The van der Waals surface area contributed by atoms with Crippen LogP contribution in [-0.4, -0.2) is 17.0 Å². The van der Waals surface area contributed by atoms with Crippen molar-refractivity contribution in [1.29, 1.82) is 0 Å². The Morgan fingerprint density at radius 3 is 2.65 bits per heavy atom. The zero-order chi connectivity index (χ0) is 16.4. The fourth-order valence-corrected chi connectivity index (χ4v) is 2.35. The zero-order valence-electron chi connectivity index (χ0n) is 12.0. The number of carboxylic acids is 1. The largest absolute Gasteiger partial charge is 0.481 e. The Bertz CT molecular complexity index is 813. The van der Waals surface area contributed by atoms with Crippen molar-refractivity contribution < 1.29 is 19.1 Å². The van der Waals surface area contributed by atoms with Crippen molar-refractivity contribution in [3.63, 3.8) is 0 Å². The Balaban J connectivity index is 1.79. The molecule has 6 heteroatoms. The van der Waals surface area contributed by atoms with E-state index in [0.717, 1.165) is 0 Å². The number of aliphatic carboxylic acids is 1. The zero-order valence-corrected chi connectivity index (χ0v) is 12.0. The first-order valence-corrected chi connectivity index (χ1v) is 6.91. The third-order valence-electron chi connectivity index (χ3n) is 3.46. The minimum Gasteiger partial charge on any atom is -0.481 e. The van der Waals surface area contributed by atoms with E-state index in [1.165, 1.54) is 24.4 Å². The lowest BCUT2D eigenvalue weighted by Gasteiger charge is -2.04. The minimum atomic E-state index is -0.894. The minimum absolute atomic E-state index is 0.0452. The molecule has 0 fully saturated rings. The summed E-state index contributed by atoms with van der Waals surface area (Å²) in [4.78, 5) is 22.6. The normalized spacial score (nSPS) is 14.5. The predicted octanol–water partition coefficient (Wildman–Crippen LogP) is 2.86. The van der Waals surface area contributed by atoms with E-state index in [-0.39, 0.29) is 12.3 Å². The number of fused-ring (bicyclic) bond motifs is 1. The van der Waals surface area contributed by atoms with Gasteiger partial charge in [0.2, 0.25) is 0 Å². The van der Waals surface area contributed by atoms with E-state index in [1.54, 1.807) is 24.3 Å². The van der Waals surface area contributed by atoms with Crippen LogP contribution in [0.5, 0.6) is 0 Å². The van der Waals surface area contributed by atoms with Gasteiger partial charge >= 0.3 is 5.97 Å². The summed E-state index contributed by atoms with van der Waals surface area (Å²) in [5.74, 6) is -1.61. The first-order valence-electron chi connectivity index (χ1n) is 6.91. The summed E-state index contributed by atoms with van der Waals surface area (Å²) in [7, 11) is 0. The molecular weight excluding hydrogens is 299 g/mol. The van der Waals surface area contributed by atoms with E-state index in [1.807, 2.05) is 0 Å². The molecular formula is C17H13FN2O3. The molecule has 0 atom stereocenters. The smallest absolute Gasteiger partial charge is 0.307 e. The molecule has 3 N–H and O–H groups in total. The lowest BCUT2D eigenvalue weighted by atomic mass is 10.1. The van der Waals surface area contributed by atoms with Crippen LogP contribution in [0.4, 0.5) is 15.8 Å². The van der Waals surface area contributed by atoms with E-state index < -0.39 is 11.8 Å². The quantitative estimate of drug-likeness (QED) is 0.759. The average Bonchev–Trinajstić information content (AvgIpc) is 2.81. The third kappa shape index (κ3) is 3.21. The number of carboxylic acid groups (broad SMARTS) is 1. The molecule has 2 aromatic rings. The van der Waals surface area contributed by atoms with E-state index in [0.29, 0.717) is 28.1 Å². The molecule has 3 rings (SSSR count).